The topological polar surface area (TPSA) is 55.3 Å². The second-order valence-corrected chi connectivity index (χ2v) is 5.80. The molecule has 22 heavy (non-hydrogen) atoms. The van der Waals surface area contributed by atoms with Gasteiger partial charge in [-0.2, -0.15) is 0 Å². The average Bonchev–Trinajstić information content (AvgIpc) is 3.00. The van der Waals surface area contributed by atoms with Crippen LogP contribution in [0.3, 0.4) is 0 Å². The van der Waals surface area contributed by atoms with Crippen LogP contribution in [0.2, 0.25) is 0 Å². The minimum Gasteiger partial charge on any atom is -0.378 e. The molecule has 3 rings (SSSR count). The largest absolute Gasteiger partial charge is 0.378 e. The van der Waals surface area contributed by atoms with Crippen molar-refractivity contribution in [3.8, 4) is 0 Å². The fourth-order valence-corrected chi connectivity index (χ4v) is 3.07. The van der Waals surface area contributed by atoms with E-state index in [2.05, 4.69) is 9.59 Å². The highest BCUT2D eigenvalue weighted by atomic mass is 32.1. The second-order valence-electron chi connectivity index (χ2n) is 5.05. The molecule has 0 N–H and O–H groups in total. The third kappa shape index (κ3) is 3.23. The third-order valence-corrected chi connectivity index (χ3v) is 4.43. The smallest absolute Gasteiger partial charge is 0.247 e. The van der Waals surface area contributed by atoms with Gasteiger partial charge < -0.3 is 9.64 Å². The van der Waals surface area contributed by atoms with E-state index in [4.69, 9.17) is 4.74 Å². The fourth-order valence-electron chi connectivity index (χ4n) is 2.37. The minimum atomic E-state index is 0.00922. The zero-order valence-electron chi connectivity index (χ0n) is 12.4. The van der Waals surface area contributed by atoms with Gasteiger partial charge in [0.15, 0.2) is 0 Å². The molecule has 114 valence electrons. The van der Waals surface area contributed by atoms with Crippen molar-refractivity contribution in [3.63, 3.8) is 0 Å². The molecule has 0 spiro atoms. The number of aromatic nitrogens is 2. The molecule has 0 saturated carbocycles. The number of hydrogen-bond acceptors (Lipinski definition) is 5. The highest BCUT2D eigenvalue weighted by Gasteiger charge is 2.18. The lowest BCUT2D eigenvalue weighted by molar-refractivity contribution is -0.129. The number of morpholine rings is 1. The predicted octanol–water partition coefficient (Wildman–Crippen LogP) is 2.14. The maximum absolute atomic E-state index is 12.5. The SMILES string of the molecule is Cc1nnsc1/C(=C/C(=O)N1CCOCC1)c1ccccc1. The quantitative estimate of drug-likeness (QED) is 0.814. The Morgan fingerprint density at radius 2 is 2.00 bits per heavy atom. The Morgan fingerprint density at radius 3 is 2.64 bits per heavy atom. The van der Waals surface area contributed by atoms with Crippen molar-refractivity contribution in [2.24, 2.45) is 0 Å². The van der Waals surface area contributed by atoms with Crippen molar-refractivity contribution in [2.45, 2.75) is 6.92 Å². The summed E-state index contributed by atoms with van der Waals surface area (Å²) in [4.78, 5) is 15.3. The van der Waals surface area contributed by atoms with Crippen LogP contribution in [0.15, 0.2) is 36.4 Å². The lowest BCUT2D eigenvalue weighted by atomic mass is 10.0. The van der Waals surface area contributed by atoms with Gasteiger partial charge in [-0.1, -0.05) is 34.8 Å². The highest BCUT2D eigenvalue weighted by molar-refractivity contribution is 7.07. The number of carbonyl (C=O) groups is 1. The van der Waals surface area contributed by atoms with Crippen LogP contribution >= 0.6 is 11.5 Å². The molecule has 1 saturated heterocycles. The first-order valence-electron chi connectivity index (χ1n) is 7.19. The molecule has 1 aromatic heterocycles. The number of carbonyl (C=O) groups excluding carboxylic acids is 1. The van der Waals surface area contributed by atoms with Gasteiger partial charge >= 0.3 is 0 Å². The monoisotopic (exact) mass is 315 g/mol. The molecule has 2 heterocycles. The predicted molar refractivity (Wildman–Crippen MR) is 85.6 cm³/mol. The number of ether oxygens (including phenoxy) is 1. The van der Waals surface area contributed by atoms with Gasteiger partial charge in [0.2, 0.25) is 5.91 Å². The summed E-state index contributed by atoms with van der Waals surface area (Å²) in [5.74, 6) is 0.00922. The van der Waals surface area contributed by atoms with Gasteiger partial charge in [0, 0.05) is 24.7 Å². The van der Waals surface area contributed by atoms with Crippen molar-refractivity contribution in [2.75, 3.05) is 26.3 Å². The Morgan fingerprint density at radius 1 is 1.27 bits per heavy atom. The van der Waals surface area contributed by atoms with Crippen molar-refractivity contribution in [1.29, 1.82) is 0 Å². The summed E-state index contributed by atoms with van der Waals surface area (Å²) in [6.07, 6.45) is 1.70. The first-order chi connectivity index (χ1) is 10.8. The summed E-state index contributed by atoms with van der Waals surface area (Å²) in [6.45, 7) is 4.38. The summed E-state index contributed by atoms with van der Waals surface area (Å²) in [7, 11) is 0. The van der Waals surface area contributed by atoms with E-state index in [1.54, 1.807) is 6.08 Å². The van der Waals surface area contributed by atoms with Crippen molar-refractivity contribution >= 4 is 23.0 Å². The van der Waals surface area contributed by atoms with Gasteiger partial charge in [0.25, 0.3) is 0 Å². The van der Waals surface area contributed by atoms with E-state index in [0.29, 0.717) is 26.3 Å². The Kier molecular flexibility index (Phi) is 4.60. The van der Waals surface area contributed by atoms with Crippen LogP contribution < -0.4 is 0 Å². The van der Waals surface area contributed by atoms with Crippen LogP contribution in [0, 0.1) is 6.92 Å². The summed E-state index contributed by atoms with van der Waals surface area (Å²) >= 11 is 1.32. The molecular formula is C16H17N3O2S. The molecular weight excluding hydrogens is 298 g/mol. The van der Waals surface area contributed by atoms with Gasteiger partial charge in [-0.3, -0.25) is 4.79 Å². The van der Waals surface area contributed by atoms with E-state index in [1.165, 1.54) is 11.5 Å². The van der Waals surface area contributed by atoms with E-state index in [1.807, 2.05) is 42.2 Å². The zero-order chi connectivity index (χ0) is 15.4. The second kappa shape index (κ2) is 6.81. The van der Waals surface area contributed by atoms with Crippen molar-refractivity contribution < 1.29 is 9.53 Å². The van der Waals surface area contributed by atoms with Crippen molar-refractivity contribution in [1.82, 2.24) is 14.5 Å². The van der Waals surface area contributed by atoms with E-state index < -0.39 is 0 Å². The van der Waals surface area contributed by atoms with Crippen LogP contribution in [-0.4, -0.2) is 46.7 Å². The molecule has 0 bridgehead atoms. The third-order valence-electron chi connectivity index (χ3n) is 3.57. The van der Waals surface area contributed by atoms with Crippen LogP contribution in [0.4, 0.5) is 0 Å². The lowest BCUT2D eigenvalue weighted by Gasteiger charge is -2.26. The van der Waals surface area contributed by atoms with Crippen LogP contribution in [0.25, 0.3) is 5.57 Å². The fraction of sp³-hybridized carbons (Fsp3) is 0.312. The molecule has 0 aliphatic carbocycles. The molecule has 1 aliphatic heterocycles. The van der Waals surface area contributed by atoms with Crippen LogP contribution in [0.1, 0.15) is 16.1 Å². The Hall–Kier alpha value is -2.05. The lowest BCUT2D eigenvalue weighted by Crippen LogP contribution is -2.39. The van der Waals surface area contributed by atoms with Gasteiger partial charge in [-0.25, -0.2) is 0 Å². The van der Waals surface area contributed by atoms with E-state index in [9.17, 15) is 4.79 Å². The molecule has 1 aromatic carbocycles. The van der Waals surface area contributed by atoms with Crippen LogP contribution in [0.5, 0.6) is 0 Å². The number of hydrogen-bond donors (Lipinski definition) is 0. The normalized spacial score (nSPS) is 15.9. The summed E-state index contributed by atoms with van der Waals surface area (Å²) in [5.41, 5.74) is 2.72. The van der Waals surface area contributed by atoms with Crippen molar-refractivity contribution in [3.05, 3.63) is 52.5 Å². The maximum Gasteiger partial charge on any atom is 0.247 e. The minimum absolute atomic E-state index is 0.00922. The first kappa shape index (κ1) is 14.9. The molecule has 5 nitrogen and oxygen atoms in total. The maximum atomic E-state index is 12.5. The Balaban J connectivity index is 1.96. The molecule has 1 aliphatic rings. The zero-order valence-corrected chi connectivity index (χ0v) is 13.2. The number of benzene rings is 1. The van der Waals surface area contributed by atoms with Gasteiger partial charge in [0.1, 0.15) is 0 Å². The van der Waals surface area contributed by atoms with Crippen LogP contribution in [-0.2, 0) is 9.53 Å². The summed E-state index contributed by atoms with van der Waals surface area (Å²) < 4.78 is 9.29. The molecule has 0 unspecified atom stereocenters. The van der Waals surface area contributed by atoms with Gasteiger partial charge in [-0.05, 0) is 24.0 Å². The number of nitrogens with zero attached hydrogens (tertiary/aromatic N) is 3. The molecule has 1 fully saturated rings. The molecule has 0 atom stereocenters. The summed E-state index contributed by atoms with van der Waals surface area (Å²) in [5, 5.41) is 4.07. The van der Waals surface area contributed by atoms with E-state index in [0.717, 1.165) is 21.7 Å². The van der Waals surface area contributed by atoms with E-state index in [-0.39, 0.29) is 5.91 Å². The highest BCUT2D eigenvalue weighted by Crippen LogP contribution is 2.28. The van der Waals surface area contributed by atoms with E-state index >= 15 is 0 Å². The Bertz CT molecular complexity index is 676. The molecule has 0 radical (unpaired) electrons. The summed E-state index contributed by atoms with van der Waals surface area (Å²) in [6, 6.07) is 9.89. The Labute approximate surface area is 133 Å². The molecule has 2 aromatic rings. The number of rotatable bonds is 3. The molecule has 6 heteroatoms. The molecule has 1 amide bonds. The standard InChI is InChI=1S/C16H17N3O2S/c1-12-16(22-18-17-12)14(13-5-3-2-4-6-13)11-15(20)19-7-9-21-10-8-19/h2-6,11H,7-10H2,1H3/b14-11+. The average molecular weight is 315 g/mol. The first-order valence-corrected chi connectivity index (χ1v) is 7.96. The van der Waals surface area contributed by atoms with Gasteiger partial charge in [-0.15, -0.1) is 5.10 Å². The number of amides is 1. The van der Waals surface area contributed by atoms with Gasteiger partial charge in [0.05, 0.1) is 23.8 Å². The number of aryl methyl sites for hydroxylation is 1.